The monoisotopic (exact) mass is 167 g/mol. The number of hydrogen-bond acceptors (Lipinski definition) is 4. The smallest absolute Gasteiger partial charge is 0.302 e. The van der Waals surface area contributed by atoms with E-state index in [1.807, 2.05) is 0 Å². The van der Waals surface area contributed by atoms with Gasteiger partial charge in [0.05, 0.1) is 6.26 Å². The SMILES string of the molecule is O=CN(C=O)C(=O)c1ccco1. The molecule has 0 aliphatic heterocycles. The minimum Gasteiger partial charge on any atom is -0.459 e. The molecule has 0 saturated heterocycles. The first-order valence-electron chi connectivity index (χ1n) is 3.06. The summed E-state index contributed by atoms with van der Waals surface area (Å²) in [5.41, 5.74) is 0. The summed E-state index contributed by atoms with van der Waals surface area (Å²) in [6.45, 7) is 0. The second kappa shape index (κ2) is 3.47. The van der Waals surface area contributed by atoms with Gasteiger partial charge in [0.1, 0.15) is 0 Å². The van der Waals surface area contributed by atoms with E-state index in [-0.39, 0.29) is 18.6 Å². The molecule has 1 aromatic heterocycles. The highest BCUT2D eigenvalue weighted by Gasteiger charge is 2.15. The third-order valence-electron chi connectivity index (χ3n) is 1.19. The largest absolute Gasteiger partial charge is 0.459 e. The lowest BCUT2D eigenvalue weighted by Crippen LogP contribution is -2.27. The maximum atomic E-state index is 11.0. The van der Waals surface area contributed by atoms with E-state index in [9.17, 15) is 14.4 Å². The van der Waals surface area contributed by atoms with Crippen LogP contribution in [0.1, 0.15) is 10.6 Å². The molecule has 5 heteroatoms. The Hall–Kier alpha value is -1.91. The molecule has 12 heavy (non-hydrogen) atoms. The molecule has 0 N–H and O–H groups in total. The van der Waals surface area contributed by atoms with E-state index in [0.29, 0.717) is 4.90 Å². The molecule has 0 aliphatic carbocycles. The van der Waals surface area contributed by atoms with Gasteiger partial charge < -0.3 is 4.42 Å². The molecule has 3 amide bonds. The highest BCUT2D eigenvalue weighted by Crippen LogP contribution is 2.02. The van der Waals surface area contributed by atoms with E-state index in [1.54, 1.807) is 0 Å². The fourth-order valence-corrected chi connectivity index (χ4v) is 0.648. The molecule has 62 valence electrons. The van der Waals surface area contributed by atoms with Gasteiger partial charge in [-0.3, -0.25) is 14.4 Å². The summed E-state index contributed by atoms with van der Waals surface area (Å²) in [6.07, 6.45) is 1.52. The Bertz CT molecular complexity index is 282. The van der Waals surface area contributed by atoms with Crippen LogP contribution in [0.2, 0.25) is 0 Å². The van der Waals surface area contributed by atoms with Crippen LogP contribution in [0.5, 0.6) is 0 Å². The summed E-state index contributed by atoms with van der Waals surface area (Å²) in [5, 5.41) is 0. The third kappa shape index (κ3) is 1.39. The van der Waals surface area contributed by atoms with Crippen molar-refractivity contribution in [3.63, 3.8) is 0 Å². The lowest BCUT2D eigenvalue weighted by atomic mass is 10.4. The van der Waals surface area contributed by atoms with Crippen molar-refractivity contribution >= 4 is 18.7 Å². The van der Waals surface area contributed by atoms with E-state index >= 15 is 0 Å². The Morgan fingerprint density at radius 2 is 2.08 bits per heavy atom. The van der Waals surface area contributed by atoms with Crippen molar-refractivity contribution in [3.05, 3.63) is 24.2 Å². The molecule has 1 aromatic rings. The van der Waals surface area contributed by atoms with Crippen molar-refractivity contribution in [2.45, 2.75) is 0 Å². The molecular weight excluding hydrogens is 162 g/mol. The fourth-order valence-electron chi connectivity index (χ4n) is 0.648. The number of carbonyl (C=O) groups excluding carboxylic acids is 3. The summed E-state index contributed by atoms with van der Waals surface area (Å²) < 4.78 is 4.67. The molecule has 0 radical (unpaired) electrons. The topological polar surface area (TPSA) is 67.6 Å². The van der Waals surface area contributed by atoms with Crippen LogP contribution in [0, 0.1) is 0 Å². The molecule has 0 spiro atoms. The van der Waals surface area contributed by atoms with Gasteiger partial charge in [0, 0.05) is 0 Å². The average molecular weight is 167 g/mol. The number of rotatable bonds is 3. The Morgan fingerprint density at radius 3 is 2.50 bits per heavy atom. The zero-order valence-electron chi connectivity index (χ0n) is 5.97. The summed E-state index contributed by atoms with van der Waals surface area (Å²) in [7, 11) is 0. The fraction of sp³-hybridized carbons (Fsp3) is 0. The predicted molar refractivity (Wildman–Crippen MR) is 37.0 cm³/mol. The number of amides is 3. The Morgan fingerprint density at radius 1 is 1.42 bits per heavy atom. The van der Waals surface area contributed by atoms with Gasteiger partial charge in [-0.2, -0.15) is 0 Å². The summed E-state index contributed by atoms with van der Waals surface area (Å²) >= 11 is 0. The van der Waals surface area contributed by atoms with Crippen LogP contribution in [0.25, 0.3) is 0 Å². The normalized spacial score (nSPS) is 9.00. The van der Waals surface area contributed by atoms with Crippen molar-refractivity contribution in [3.8, 4) is 0 Å². The van der Waals surface area contributed by atoms with Gasteiger partial charge in [-0.25, -0.2) is 4.90 Å². The molecule has 0 saturated carbocycles. The molecule has 0 atom stereocenters. The minimum absolute atomic E-state index is 0.0470. The van der Waals surface area contributed by atoms with Gasteiger partial charge in [-0.15, -0.1) is 0 Å². The minimum atomic E-state index is -0.773. The first-order valence-corrected chi connectivity index (χ1v) is 3.06. The highest BCUT2D eigenvalue weighted by molar-refractivity contribution is 6.05. The predicted octanol–water partition coefficient (Wildman–Crippen LogP) is 0.0346. The van der Waals surface area contributed by atoms with Crippen LogP contribution in [-0.2, 0) is 9.59 Å². The number of furan rings is 1. The summed E-state index contributed by atoms with van der Waals surface area (Å²) in [6, 6.07) is 2.85. The molecule has 5 nitrogen and oxygen atoms in total. The second-order valence-corrected chi connectivity index (χ2v) is 1.90. The Kier molecular flexibility index (Phi) is 2.37. The standard InChI is InChI=1S/C7H5NO4/c9-4-8(5-10)7(11)6-2-1-3-12-6/h1-5H. The lowest BCUT2D eigenvalue weighted by Gasteiger charge is -2.02. The molecule has 0 fully saturated rings. The molecular formula is C7H5NO4. The van der Waals surface area contributed by atoms with Gasteiger partial charge in [-0.05, 0) is 12.1 Å². The lowest BCUT2D eigenvalue weighted by molar-refractivity contribution is -0.126. The van der Waals surface area contributed by atoms with Gasteiger partial charge in [0.15, 0.2) is 5.76 Å². The summed E-state index contributed by atoms with van der Waals surface area (Å²) in [4.78, 5) is 31.6. The van der Waals surface area contributed by atoms with Gasteiger partial charge >= 0.3 is 5.91 Å². The van der Waals surface area contributed by atoms with Crippen molar-refractivity contribution < 1.29 is 18.8 Å². The number of imide groups is 3. The molecule has 1 rings (SSSR count). The second-order valence-electron chi connectivity index (χ2n) is 1.90. The van der Waals surface area contributed by atoms with Crippen LogP contribution in [-0.4, -0.2) is 23.6 Å². The maximum Gasteiger partial charge on any atom is 0.302 e. The van der Waals surface area contributed by atoms with Crippen molar-refractivity contribution in [1.82, 2.24) is 4.90 Å². The van der Waals surface area contributed by atoms with E-state index in [2.05, 4.69) is 4.42 Å². The molecule has 1 heterocycles. The Balaban J connectivity index is 2.84. The van der Waals surface area contributed by atoms with Crippen molar-refractivity contribution in [2.75, 3.05) is 0 Å². The number of carbonyl (C=O) groups is 3. The summed E-state index contributed by atoms with van der Waals surface area (Å²) in [5.74, 6) is -0.820. The van der Waals surface area contributed by atoms with Crippen molar-refractivity contribution in [1.29, 1.82) is 0 Å². The highest BCUT2D eigenvalue weighted by atomic mass is 16.3. The molecule has 0 unspecified atom stereocenters. The average Bonchev–Trinajstić information content (AvgIpc) is 2.58. The van der Waals surface area contributed by atoms with Gasteiger partial charge in [0.25, 0.3) is 0 Å². The zero-order valence-corrected chi connectivity index (χ0v) is 5.97. The van der Waals surface area contributed by atoms with E-state index in [0.717, 1.165) is 0 Å². The first kappa shape index (κ1) is 8.19. The van der Waals surface area contributed by atoms with E-state index in [4.69, 9.17) is 0 Å². The third-order valence-corrected chi connectivity index (χ3v) is 1.19. The maximum absolute atomic E-state index is 11.0. The van der Waals surface area contributed by atoms with Crippen LogP contribution in [0.4, 0.5) is 0 Å². The van der Waals surface area contributed by atoms with E-state index in [1.165, 1.54) is 18.4 Å². The van der Waals surface area contributed by atoms with Crippen LogP contribution < -0.4 is 0 Å². The number of nitrogens with zero attached hydrogens (tertiary/aromatic N) is 1. The van der Waals surface area contributed by atoms with Crippen LogP contribution in [0.3, 0.4) is 0 Å². The zero-order chi connectivity index (χ0) is 8.97. The molecule has 0 aromatic carbocycles. The van der Waals surface area contributed by atoms with Crippen molar-refractivity contribution in [2.24, 2.45) is 0 Å². The van der Waals surface area contributed by atoms with Gasteiger partial charge in [-0.1, -0.05) is 0 Å². The van der Waals surface area contributed by atoms with Crippen LogP contribution >= 0.6 is 0 Å². The molecule has 0 bridgehead atoms. The first-order chi connectivity index (χ1) is 5.79. The Labute approximate surface area is 67.6 Å². The number of hydrogen-bond donors (Lipinski definition) is 0. The molecule has 0 aliphatic rings. The van der Waals surface area contributed by atoms with Crippen LogP contribution in [0.15, 0.2) is 22.8 Å². The quantitative estimate of drug-likeness (QED) is 0.596. The van der Waals surface area contributed by atoms with Gasteiger partial charge in [0.2, 0.25) is 12.8 Å². The van der Waals surface area contributed by atoms with E-state index < -0.39 is 5.91 Å².